The van der Waals surface area contributed by atoms with E-state index in [1.54, 1.807) is 5.19 Å². The SMILES string of the molecule is C=Cc1ccc([Si]2CCC2)cc1. The molecule has 0 aromatic heterocycles. The molecular weight excluding hydrogens is 160 g/mol. The summed E-state index contributed by atoms with van der Waals surface area (Å²) in [5.41, 5.74) is 1.24. The monoisotopic (exact) mass is 173 g/mol. The zero-order valence-corrected chi connectivity index (χ0v) is 8.22. The van der Waals surface area contributed by atoms with Crippen molar-refractivity contribution in [2.75, 3.05) is 0 Å². The van der Waals surface area contributed by atoms with E-state index in [1.807, 2.05) is 6.08 Å². The topological polar surface area (TPSA) is 0 Å². The molecule has 0 spiro atoms. The lowest BCUT2D eigenvalue weighted by Crippen LogP contribution is -2.35. The van der Waals surface area contributed by atoms with Crippen molar-refractivity contribution in [3.05, 3.63) is 36.4 Å². The van der Waals surface area contributed by atoms with Crippen LogP contribution in [0.3, 0.4) is 0 Å². The fourth-order valence-electron chi connectivity index (χ4n) is 1.50. The van der Waals surface area contributed by atoms with Crippen molar-refractivity contribution in [3.8, 4) is 0 Å². The van der Waals surface area contributed by atoms with E-state index < -0.39 is 0 Å². The van der Waals surface area contributed by atoms with Gasteiger partial charge in [0.05, 0.1) is 8.80 Å². The minimum Gasteiger partial charge on any atom is -0.0985 e. The van der Waals surface area contributed by atoms with Crippen LogP contribution in [0.4, 0.5) is 0 Å². The van der Waals surface area contributed by atoms with E-state index in [0.717, 1.165) is 0 Å². The second-order valence-electron chi connectivity index (χ2n) is 3.28. The van der Waals surface area contributed by atoms with Crippen LogP contribution in [0, 0.1) is 0 Å². The molecule has 12 heavy (non-hydrogen) atoms. The Morgan fingerprint density at radius 2 is 1.83 bits per heavy atom. The van der Waals surface area contributed by atoms with Gasteiger partial charge in [-0.2, -0.15) is 0 Å². The van der Waals surface area contributed by atoms with Gasteiger partial charge in [-0.25, -0.2) is 0 Å². The van der Waals surface area contributed by atoms with E-state index in [0.29, 0.717) is 0 Å². The molecule has 0 atom stereocenters. The van der Waals surface area contributed by atoms with Crippen molar-refractivity contribution in [3.63, 3.8) is 0 Å². The van der Waals surface area contributed by atoms with Crippen molar-refractivity contribution in [1.82, 2.24) is 0 Å². The summed E-state index contributed by atoms with van der Waals surface area (Å²) in [6, 6.07) is 11.9. The molecule has 1 heteroatoms. The maximum atomic E-state index is 3.75. The second-order valence-corrected chi connectivity index (χ2v) is 6.07. The predicted octanol–water partition coefficient (Wildman–Crippen LogP) is 2.44. The van der Waals surface area contributed by atoms with Gasteiger partial charge in [0.1, 0.15) is 0 Å². The van der Waals surface area contributed by atoms with Gasteiger partial charge < -0.3 is 0 Å². The van der Waals surface area contributed by atoms with E-state index in [-0.39, 0.29) is 8.80 Å². The third-order valence-corrected chi connectivity index (χ3v) is 5.58. The molecule has 0 bridgehead atoms. The van der Waals surface area contributed by atoms with Crippen molar-refractivity contribution in [2.24, 2.45) is 0 Å². The molecule has 0 amide bonds. The highest BCUT2D eigenvalue weighted by atomic mass is 28.3. The van der Waals surface area contributed by atoms with E-state index in [4.69, 9.17) is 0 Å². The highest BCUT2D eigenvalue weighted by Crippen LogP contribution is 2.19. The smallest absolute Gasteiger partial charge is 0.0856 e. The Morgan fingerprint density at radius 1 is 1.17 bits per heavy atom. The molecule has 0 nitrogen and oxygen atoms in total. The lowest BCUT2D eigenvalue weighted by molar-refractivity contribution is 0.951. The van der Waals surface area contributed by atoms with Gasteiger partial charge >= 0.3 is 0 Å². The van der Waals surface area contributed by atoms with Gasteiger partial charge in [-0.05, 0) is 5.56 Å². The lowest BCUT2D eigenvalue weighted by Gasteiger charge is -2.23. The zero-order chi connectivity index (χ0) is 8.39. The van der Waals surface area contributed by atoms with Gasteiger partial charge in [0.15, 0.2) is 0 Å². The maximum absolute atomic E-state index is 3.75. The maximum Gasteiger partial charge on any atom is 0.0856 e. The Bertz CT molecular complexity index is 270. The van der Waals surface area contributed by atoms with Crippen LogP contribution < -0.4 is 5.19 Å². The van der Waals surface area contributed by atoms with Crippen LogP contribution >= 0.6 is 0 Å². The number of benzene rings is 1. The molecule has 1 aromatic carbocycles. The van der Waals surface area contributed by atoms with Gasteiger partial charge in [-0.1, -0.05) is 60.6 Å². The molecule has 1 fully saturated rings. The van der Waals surface area contributed by atoms with Gasteiger partial charge in [0.2, 0.25) is 0 Å². The molecule has 1 saturated heterocycles. The van der Waals surface area contributed by atoms with Crippen LogP contribution in [-0.2, 0) is 0 Å². The van der Waals surface area contributed by atoms with E-state index in [1.165, 1.54) is 24.1 Å². The van der Waals surface area contributed by atoms with Crippen molar-refractivity contribution in [1.29, 1.82) is 0 Å². The molecule has 0 saturated carbocycles. The summed E-state index contributed by atoms with van der Waals surface area (Å²) in [4.78, 5) is 0. The summed E-state index contributed by atoms with van der Waals surface area (Å²) in [5, 5.41) is 1.61. The Labute approximate surface area is 75.5 Å². The first-order valence-corrected chi connectivity index (χ1v) is 6.39. The molecule has 61 valence electrons. The third kappa shape index (κ3) is 1.37. The molecule has 1 aliphatic heterocycles. The Kier molecular flexibility index (Phi) is 2.13. The Morgan fingerprint density at radius 3 is 2.25 bits per heavy atom. The molecular formula is C11H13Si. The van der Waals surface area contributed by atoms with Gasteiger partial charge in [-0.15, -0.1) is 0 Å². The van der Waals surface area contributed by atoms with Crippen LogP contribution in [0.25, 0.3) is 6.08 Å². The molecule has 1 aliphatic rings. The van der Waals surface area contributed by atoms with Gasteiger partial charge in [-0.3, -0.25) is 0 Å². The van der Waals surface area contributed by atoms with E-state index in [9.17, 15) is 0 Å². The summed E-state index contributed by atoms with van der Waals surface area (Å²) in [7, 11) is -0.0848. The highest BCUT2D eigenvalue weighted by molar-refractivity contribution is 6.75. The zero-order valence-electron chi connectivity index (χ0n) is 7.22. The first-order valence-electron chi connectivity index (χ1n) is 4.48. The minimum atomic E-state index is -0.0848. The normalized spacial score (nSPS) is 17.0. The summed E-state index contributed by atoms with van der Waals surface area (Å²) in [6.07, 6.45) is 3.36. The Balaban J connectivity index is 2.18. The largest absolute Gasteiger partial charge is 0.0985 e. The average Bonchev–Trinajstić information content (AvgIpc) is 2.03. The van der Waals surface area contributed by atoms with E-state index >= 15 is 0 Å². The number of hydrogen-bond donors (Lipinski definition) is 0. The minimum absolute atomic E-state index is 0.0848. The van der Waals surface area contributed by atoms with Crippen molar-refractivity contribution < 1.29 is 0 Å². The fraction of sp³-hybridized carbons (Fsp3) is 0.273. The van der Waals surface area contributed by atoms with Crippen LogP contribution in [0.1, 0.15) is 12.0 Å². The molecule has 1 heterocycles. The van der Waals surface area contributed by atoms with Crippen LogP contribution in [0.2, 0.25) is 12.1 Å². The molecule has 0 unspecified atom stereocenters. The molecule has 0 aliphatic carbocycles. The van der Waals surface area contributed by atoms with Gasteiger partial charge in [0.25, 0.3) is 0 Å². The molecule has 1 aromatic rings. The Hall–Kier alpha value is -0.823. The highest BCUT2D eigenvalue weighted by Gasteiger charge is 2.20. The first-order chi connectivity index (χ1) is 5.90. The van der Waals surface area contributed by atoms with Crippen LogP contribution in [-0.4, -0.2) is 8.80 Å². The first kappa shape index (κ1) is 7.81. The predicted molar refractivity (Wildman–Crippen MR) is 56.2 cm³/mol. The lowest BCUT2D eigenvalue weighted by atomic mass is 10.2. The number of hydrogen-bond acceptors (Lipinski definition) is 0. The fourth-order valence-corrected chi connectivity index (χ4v) is 3.42. The summed E-state index contributed by atoms with van der Waals surface area (Å²) >= 11 is 0. The average molecular weight is 173 g/mol. The quantitative estimate of drug-likeness (QED) is 0.603. The molecule has 2 rings (SSSR count). The summed E-state index contributed by atoms with van der Waals surface area (Å²) in [6.45, 7) is 3.75. The van der Waals surface area contributed by atoms with Gasteiger partial charge in [0, 0.05) is 0 Å². The third-order valence-electron chi connectivity index (χ3n) is 2.51. The summed E-state index contributed by atoms with van der Waals surface area (Å²) in [5.74, 6) is 0. The standard InChI is InChI=1S/C11H13Si/c1-2-10-4-6-11(7-5-10)12-8-3-9-12/h2,4-7H,1,3,8-9H2. The van der Waals surface area contributed by atoms with Crippen LogP contribution in [0.15, 0.2) is 30.8 Å². The second kappa shape index (κ2) is 3.28. The summed E-state index contributed by atoms with van der Waals surface area (Å²) < 4.78 is 0. The number of rotatable bonds is 2. The molecule has 1 radical (unpaired) electrons. The van der Waals surface area contributed by atoms with Crippen LogP contribution in [0.5, 0.6) is 0 Å². The van der Waals surface area contributed by atoms with E-state index in [2.05, 4.69) is 30.8 Å². The molecule has 0 N–H and O–H groups in total. The van der Waals surface area contributed by atoms with Crippen molar-refractivity contribution >= 4 is 20.1 Å². The van der Waals surface area contributed by atoms with Crippen molar-refractivity contribution in [2.45, 2.75) is 18.5 Å².